The highest BCUT2D eigenvalue weighted by Crippen LogP contribution is 2.21. The lowest BCUT2D eigenvalue weighted by molar-refractivity contribution is -0.133. The van der Waals surface area contributed by atoms with E-state index in [9.17, 15) is 13.6 Å². The first-order valence-electron chi connectivity index (χ1n) is 8.88. The zero-order valence-corrected chi connectivity index (χ0v) is 16.7. The second kappa shape index (κ2) is 11.1. The van der Waals surface area contributed by atoms with Gasteiger partial charge in [0.2, 0.25) is 5.91 Å². The van der Waals surface area contributed by atoms with Crippen molar-refractivity contribution in [3.63, 3.8) is 0 Å². The summed E-state index contributed by atoms with van der Waals surface area (Å²) in [6.45, 7) is 1.97. The van der Waals surface area contributed by atoms with Gasteiger partial charge in [0.1, 0.15) is 17.7 Å². The number of benzene rings is 1. The van der Waals surface area contributed by atoms with Gasteiger partial charge in [-0.3, -0.25) is 9.69 Å². The average Bonchev–Trinajstić information content (AvgIpc) is 3.08. The van der Waals surface area contributed by atoms with E-state index >= 15 is 0 Å². The minimum absolute atomic E-state index is 0. The Bertz CT molecular complexity index is 604. The minimum Gasteiger partial charge on any atom is -0.364 e. The van der Waals surface area contributed by atoms with Crippen LogP contribution in [0.5, 0.6) is 0 Å². The molecule has 0 saturated carbocycles. The van der Waals surface area contributed by atoms with Crippen LogP contribution in [0.1, 0.15) is 31.2 Å². The van der Waals surface area contributed by atoms with Gasteiger partial charge in [-0.15, -0.1) is 24.8 Å². The van der Waals surface area contributed by atoms with E-state index in [4.69, 9.17) is 10.5 Å². The zero-order valence-electron chi connectivity index (χ0n) is 15.0. The van der Waals surface area contributed by atoms with Crippen molar-refractivity contribution in [2.45, 2.75) is 50.5 Å². The van der Waals surface area contributed by atoms with E-state index in [1.54, 1.807) is 0 Å². The van der Waals surface area contributed by atoms with Crippen LogP contribution in [0.2, 0.25) is 0 Å². The molecule has 1 amide bonds. The molecule has 3 atom stereocenters. The highest BCUT2D eigenvalue weighted by molar-refractivity contribution is 5.85. The Morgan fingerprint density at radius 2 is 1.93 bits per heavy atom. The van der Waals surface area contributed by atoms with Gasteiger partial charge in [0.05, 0.1) is 6.10 Å². The van der Waals surface area contributed by atoms with Gasteiger partial charge in [-0.2, -0.15) is 0 Å². The summed E-state index contributed by atoms with van der Waals surface area (Å²) < 4.78 is 33.3. The van der Waals surface area contributed by atoms with E-state index < -0.39 is 17.7 Å². The first-order valence-corrected chi connectivity index (χ1v) is 8.88. The second-order valence-corrected chi connectivity index (χ2v) is 6.84. The van der Waals surface area contributed by atoms with Gasteiger partial charge in [-0.1, -0.05) is 6.07 Å². The molecule has 2 aliphatic heterocycles. The summed E-state index contributed by atoms with van der Waals surface area (Å²) in [4.78, 5) is 14.3. The number of nitrogens with zero attached hydrogens (tertiary/aromatic N) is 1. The normalized spacial score (nSPS) is 25.4. The highest BCUT2D eigenvalue weighted by atomic mass is 35.5. The molecule has 0 radical (unpaired) electrons. The van der Waals surface area contributed by atoms with Crippen LogP contribution in [0.25, 0.3) is 0 Å². The molecule has 2 saturated heterocycles. The maximum absolute atomic E-state index is 13.8. The molecule has 3 rings (SSSR count). The molecule has 2 fully saturated rings. The Hall–Kier alpha value is -0.990. The third-order valence-corrected chi connectivity index (χ3v) is 4.96. The lowest BCUT2D eigenvalue weighted by Gasteiger charge is -2.33. The van der Waals surface area contributed by atoms with Crippen LogP contribution in [0.4, 0.5) is 8.78 Å². The Labute approximate surface area is 170 Å². The first-order chi connectivity index (χ1) is 12.1. The molecule has 0 aliphatic carbocycles. The van der Waals surface area contributed by atoms with Crippen molar-refractivity contribution in [3.05, 3.63) is 35.4 Å². The van der Waals surface area contributed by atoms with Gasteiger partial charge >= 0.3 is 0 Å². The number of likely N-dealkylation sites (tertiary alicyclic amines) is 1. The topological polar surface area (TPSA) is 67.6 Å². The summed E-state index contributed by atoms with van der Waals surface area (Å²) in [5.41, 5.74) is 5.65. The van der Waals surface area contributed by atoms with E-state index in [1.165, 1.54) is 18.2 Å². The number of rotatable bonds is 5. The number of hydrogen-bond donors (Lipinski definition) is 2. The molecule has 2 heterocycles. The van der Waals surface area contributed by atoms with E-state index in [2.05, 4.69) is 5.32 Å². The molecule has 5 nitrogen and oxygen atoms in total. The van der Waals surface area contributed by atoms with Crippen LogP contribution in [-0.2, 0) is 16.1 Å². The number of carbonyl (C=O) groups is 1. The third-order valence-electron chi connectivity index (χ3n) is 4.96. The van der Waals surface area contributed by atoms with Gasteiger partial charge in [-0.05, 0) is 44.4 Å². The molecule has 1 unspecified atom stereocenters. The lowest BCUT2D eigenvalue weighted by Crippen LogP contribution is -2.50. The molecule has 2 aliphatic rings. The molecule has 1 aromatic rings. The third kappa shape index (κ3) is 6.26. The quantitative estimate of drug-likeness (QED) is 0.759. The zero-order chi connectivity index (χ0) is 17.8. The largest absolute Gasteiger partial charge is 0.364 e. The summed E-state index contributed by atoms with van der Waals surface area (Å²) in [6, 6.07) is 3.88. The number of nitrogens with one attached hydrogen (secondary N) is 1. The number of hydrogen-bond acceptors (Lipinski definition) is 4. The number of amides is 1. The summed E-state index contributed by atoms with van der Waals surface area (Å²) in [5, 5.41) is 3.02. The van der Waals surface area contributed by atoms with Crippen molar-refractivity contribution in [3.8, 4) is 0 Å². The smallest absolute Gasteiger partial charge is 0.249 e. The fourth-order valence-electron chi connectivity index (χ4n) is 3.59. The molecular weight excluding hydrogens is 399 g/mol. The van der Waals surface area contributed by atoms with Gasteiger partial charge in [0.15, 0.2) is 0 Å². The van der Waals surface area contributed by atoms with Crippen LogP contribution in [0.3, 0.4) is 0 Å². The van der Waals surface area contributed by atoms with E-state index in [0.29, 0.717) is 19.5 Å². The van der Waals surface area contributed by atoms with Crippen molar-refractivity contribution < 1.29 is 18.3 Å². The maximum Gasteiger partial charge on any atom is 0.249 e. The summed E-state index contributed by atoms with van der Waals surface area (Å²) in [5.74, 6) is -1.17. The fraction of sp³-hybridized carbons (Fsp3) is 0.611. The molecule has 0 spiro atoms. The molecule has 3 N–H and O–H groups in total. The molecule has 0 bridgehead atoms. The summed E-state index contributed by atoms with van der Waals surface area (Å²) in [7, 11) is 0. The molecular formula is C18H27Cl2F2N3O2. The van der Waals surface area contributed by atoms with Crippen molar-refractivity contribution >= 4 is 30.7 Å². The van der Waals surface area contributed by atoms with Crippen LogP contribution in [0, 0.1) is 11.6 Å². The molecule has 154 valence electrons. The predicted octanol–water partition coefficient (Wildman–Crippen LogP) is 2.40. The Balaban J connectivity index is 0.00000182. The highest BCUT2D eigenvalue weighted by Gasteiger charge is 2.32. The van der Waals surface area contributed by atoms with Crippen LogP contribution in [0.15, 0.2) is 18.2 Å². The van der Waals surface area contributed by atoms with Gasteiger partial charge < -0.3 is 15.8 Å². The van der Waals surface area contributed by atoms with Crippen LogP contribution >= 0.6 is 24.8 Å². The number of ether oxygens (including phenoxy) is 1. The minimum atomic E-state index is -0.529. The number of carbonyl (C=O) groups excluding carboxylic acids is 1. The Kier molecular flexibility index (Phi) is 9.90. The second-order valence-electron chi connectivity index (χ2n) is 6.84. The fourth-order valence-corrected chi connectivity index (χ4v) is 3.59. The standard InChI is InChI=1S/C18H25F2N3O2.2ClH/c19-15-4-1-5-16(20)14(15)11-23-8-2-3-12(10-23)22-18(24)17-7-6-13(9-21)25-17;;/h1,4-5,12-13,17H,2-3,6-11,21H2,(H,22,24);2*1H/t12?,13-,17+;;/m1../s1. The Morgan fingerprint density at radius 3 is 2.56 bits per heavy atom. The molecule has 0 aromatic heterocycles. The van der Waals surface area contributed by atoms with Crippen molar-refractivity contribution in [2.75, 3.05) is 19.6 Å². The number of nitrogens with two attached hydrogens (primary N) is 1. The molecule has 27 heavy (non-hydrogen) atoms. The van der Waals surface area contributed by atoms with Crippen LogP contribution in [-0.4, -0.2) is 48.7 Å². The van der Waals surface area contributed by atoms with Gasteiger partial charge in [0.25, 0.3) is 0 Å². The SMILES string of the molecule is Cl.Cl.NC[C@H]1CC[C@@H](C(=O)NC2CCCN(Cc3c(F)cccc3F)C2)O1. The van der Waals surface area contributed by atoms with Crippen molar-refractivity contribution in [2.24, 2.45) is 5.73 Å². The van der Waals surface area contributed by atoms with Crippen molar-refractivity contribution in [1.82, 2.24) is 10.2 Å². The summed E-state index contributed by atoms with van der Waals surface area (Å²) >= 11 is 0. The van der Waals surface area contributed by atoms with E-state index in [0.717, 1.165) is 25.8 Å². The monoisotopic (exact) mass is 425 g/mol. The predicted molar refractivity (Wildman–Crippen MR) is 104 cm³/mol. The van der Waals surface area contributed by atoms with E-state index in [1.807, 2.05) is 4.90 Å². The molecule has 9 heteroatoms. The Morgan fingerprint density at radius 1 is 1.22 bits per heavy atom. The van der Waals surface area contributed by atoms with Crippen LogP contribution < -0.4 is 11.1 Å². The maximum atomic E-state index is 13.8. The number of piperidine rings is 1. The average molecular weight is 426 g/mol. The van der Waals surface area contributed by atoms with Crippen molar-refractivity contribution in [1.29, 1.82) is 0 Å². The lowest BCUT2D eigenvalue weighted by atomic mass is 10.0. The summed E-state index contributed by atoms with van der Waals surface area (Å²) in [6.07, 6.45) is 2.74. The van der Waals surface area contributed by atoms with E-state index in [-0.39, 0.29) is 55.0 Å². The number of halogens is 4. The van der Waals surface area contributed by atoms with Gasteiger partial charge in [0, 0.05) is 31.2 Å². The molecule has 1 aromatic carbocycles. The van der Waals surface area contributed by atoms with Gasteiger partial charge in [-0.25, -0.2) is 8.78 Å². The first kappa shape index (κ1) is 24.0.